The average Bonchev–Trinajstić information content (AvgIpc) is 2.02. The van der Waals surface area contributed by atoms with Gasteiger partial charge in [0.05, 0.1) is 4.91 Å². The smallest absolute Gasteiger partial charge is 0.187 e. The van der Waals surface area contributed by atoms with Crippen LogP contribution in [-0.4, -0.2) is 32.2 Å². The van der Waals surface area contributed by atoms with Crippen LogP contribution in [0.2, 0.25) is 0 Å². The number of hydrogen-bond acceptors (Lipinski definition) is 3. The largest absolute Gasteiger partial charge is 0.379 e. The molecule has 1 heterocycles. The summed E-state index contributed by atoms with van der Waals surface area (Å²) >= 11 is 0. The molecule has 0 aromatic carbocycles. The molecular formula is C10H19NO2S. The molecule has 0 aromatic heterocycles. The zero-order chi connectivity index (χ0) is 11.1. The van der Waals surface area contributed by atoms with Crippen molar-refractivity contribution in [2.24, 2.45) is 0 Å². The summed E-state index contributed by atoms with van der Waals surface area (Å²) < 4.78 is 23.1. The first kappa shape index (κ1) is 11.6. The molecule has 0 bridgehead atoms. The fourth-order valence-electron chi connectivity index (χ4n) is 2.12. The molecule has 0 aromatic rings. The average molecular weight is 217 g/mol. The first-order valence-electron chi connectivity index (χ1n) is 4.92. The topological polar surface area (TPSA) is 37.4 Å². The lowest BCUT2D eigenvalue weighted by molar-refractivity contribution is 0.422. The number of nitrogens with zero attached hydrogens (tertiary/aromatic N) is 1. The Morgan fingerprint density at radius 3 is 2.14 bits per heavy atom. The van der Waals surface area contributed by atoms with Crippen molar-refractivity contribution in [3.8, 4) is 0 Å². The molecular weight excluding hydrogens is 198 g/mol. The van der Waals surface area contributed by atoms with Crippen molar-refractivity contribution < 1.29 is 8.42 Å². The van der Waals surface area contributed by atoms with Crippen LogP contribution in [-0.2, 0) is 9.84 Å². The lowest BCUT2D eigenvalue weighted by atomic mass is 10.0. The first-order chi connectivity index (χ1) is 6.26. The Morgan fingerprint density at radius 2 is 1.79 bits per heavy atom. The predicted molar refractivity (Wildman–Crippen MR) is 58.6 cm³/mol. The van der Waals surface area contributed by atoms with E-state index in [0.717, 1.165) is 12.1 Å². The van der Waals surface area contributed by atoms with E-state index in [9.17, 15) is 8.42 Å². The summed E-state index contributed by atoms with van der Waals surface area (Å²) in [4.78, 5) is 2.56. The van der Waals surface area contributed by atoms with Crippen LogP contribution in [0.5, 0.6) is 0 Å². The quantitative estimate of drug-likeness (QED) is 0.723. The maximum absolute atomic E-state index is 11.9. The highest BCUT2D eigenvalue weighted by Crippen LogP contribution is 2.46. The molecule has 1 aliphatic rings. The highest BCUT2D eigenvalue weighted by Gasteiger charge is 2.52. The van der Waals surface area contributed by atoms with Crippen LogP contribution in [0.3, 0.4) is 0 Å². The van der Waals surface area contributed by atoms with Gasteiger partial charge in [-0.3, -0.25) is 0 Å². The van der Waals surface area contributed by atoms with Crippen molar-refractivity contribution >= 4 is 9.84 Å². The van der Waals surface area contributed by atoms with E-state index < -0.39 is 14.6 Å². The van der Waals surface area contributed by atoms with Crippen molar-refractivity contribution in [2.45, 2.75) is 38.4 Å². The molecule has 0 atom stereocenters. The Hall–Kier alpha value is -0.510. The third-order valence-electron chi connectivity index (χ3n) is 2.75. The third-order valence-corrected chi connectivity index (χ3v) is 5.34. The van der Waals surface area contributed by atoms with Gasteiger partial charge in [-0.25, -0.2) is 8.42 Å². The van der Waals surface area contributed by atoms with Gasteiger partial charge in [-0.2, -0.15) is 0 Å². The van der Waals surface area contributed by atoms with Gasteiger partial charge in [0, 0.05) is 19.8 Å². The Bertz CT molecular complexity index is 364. The highest BCUT2D eigenvalue weighted by molar-refractivity contribution is 7.98. The fourth-order valence-corrected chi connectivity index (χ4v) is 4.31. The fraction of sp³-hybridized carbons (Fsp3) is 0.800. The van der Waals surface area contributed by atoms with E-state index in [2.05, 4.69) is 0 Å². The van der Waals surface area contributed by atoms with Crippen LogP contribution in [0.25, 0.3) is 0 Å². The molecule has 0 spiro atoms. The molecule has 0 fully saturated rings. The maximum Gasteiger partial charge on any atom is 0.187 e. The van der Waals surface area contributed by atoms with Crippen molar-refractivity contribution in [3.63, 3.8) is 0 Å². The summed E-state index contributed by atoms with van der Waals surface area (Å²) in [5.41, 5.74) is 0.972. The first-order valence-corrected chi connectivity index (χ1v) is 6.40. The van der Waals surface area contributed by atoms with E-state index in [1.54, 1.807) is 13.8 Å². The molecule has 0 unspecified atom stereocenters. The minimum absolute atomic E-state index is 0.634. The normalized spacial score (nSPS) is 23.2. The molecule has 1 aliphatic heterocycles. The molecule has 0 saturated carbocycles. The third kappa shape index (κ3) is 1.28. The van der Waals surface area contributed by atoms with E-state index in [4.69, 9.17) is 0 Å². The molecule has 4 heteroatoms. The molecule has 3 nitrogen and oxygen atoms in total. The summed E-state index contributed by atoms with van der Waals surface area (Å²) in [6, 6.07) is 0. The predicted octanol–water partition coefficient (Wildman–Crippen LogP) is 1.77. The van der Waals surface area contributed by atoms with Crippen LogP contribution in [0.4, 0.5) is 0 Å². The minimum Gasteiger partial charge on any atom is -0.379 e. The zero-order valence-corrected chi connectivity index (χ0v) is 10.4. The number of allylic oxidation sites excluding steroid dienone is 1. The van der Waals surface area contributed by atoms with Crippen molar-refractivity contribution in [3.05, 3.63) is 10.6 Å². The second-order valence-corrected chi connectivity index (χ2v) is 6.95. The van der Waals surface area contributed by atoms with Crippen molar-refractivity contribution in [2.75, 3.05) is 14.1 Å². The van der Waals surface area contributed by atoms with Gasteiger partial charge in [0.2, 0.25) is 0 Å². The molecule has 0 N–H and O–H groups in total. The van der Waals surface area contributed by atoms with Crippen LogP contribution >= 0.6 is 0 Å². The molecule has 0 amide bonds. The summed E-state index contributed by atoms with van der Waals surface area (Å²) in [5.74, 6) is 0. The molecule has 1 rings (SSSR count). The van der Waals surface area contributed by atoms with Crippen LogP contribution in [0.15, 0.2) is 10.6 Å². The SMILES string of the molecule is CCCC1=C(N(C)C)C(C)(C)S1(=O)=O. The Morgan fingerprint density at radius 1 is 1.29 bits per heavy atom. The summed E-state index contributed by atoms with van der Waals surface area (Å²) in [6.07, 6.45) is 1.54. The Balaban J connectivity index is 3.25. The van der Waals surface area contributed by atoms with E-state index in [0.29, 0.717) is 11.3 Å². The van der Waals surface area contributed by atoms with Crippen LogP contribution in [0, 0.1) is 0 Å². The van der Waals surface area contributed by atoms with Crippen molar-refractivity contribution in [1.82, 2.24) is 4.90 Å². The van der Waals surface area contributed by atoms with Gasteiger partial charge >= 0.3 is 0 Å². The van der Waals surface area contributed by atoms with Gasteiger partial charge < -0.3 is 4.90 Å². The van der Waals surface area contributed by atoms with Gasteiger partial charge in [-0.1, -0.05) is 13.3 Å². The molecule has 14 heavy (non-hydrogen) atoms. The minimum atomic E-state index is -3.02. The summed E-state index contributed by atoms with van der Waals surface area (Å²) in [5, 5.41) is 0. The van der Waals surface area contributed by atoms with E-state index in [1.807, 2.05) is 25.9 Å². The number of rotatable bonds is 3. The molecule has 82 valence electrons. The molecule has 0 saturated heterocycles. The van der Waals surface area contributed by atoms with Gasteiger partial charge in [0.25, 0.3) is 0 Å². The highest BCUT2D eigenvalue weighted by atomic mass is 32.2. The number of sulfone groups is 1. The van der Waals surface area contributed by atoms with E-state index in [-0.39, 0.29) is 0 Å². The Labute approximate surface area is 86.7 Å². The second-order valence-electron chi connectivity index (χ2n) is 4.43. The lowest BCUT2D eigenvalue weighted by Crippen LogP contribution is -2.50. The van der Waals surface area contributed by atoms with Gasteiger partial charge in [-0.05, 0) is 20.3 Å². The van der Waals surface area contributed by atoms with Crippen molar-refractivity contribution in [1.29, 1.82) is 0 Å². The van der Waals surface area contributed by atoms with Gasteiger partial charge in [0.15, 0.2) is 9.84 Å². The summed E-state index contributed by atoms with van der Waals surface area (Å²) in [7, 11) is 0.789. The van der Waals surface area contributed by atoms with E-state index in [1.165, 1.54) is 0 Å². The monoisotopic (exact) mass is 217 g/mol. The molecule has 0 aliphatic carbocycles. The van der Waals surface area contributed by atoms with Gasteiger partial charge in [-0.15, -0.1) is 0 Å². The zero-order valence-electron chi connectivity index (χ0n) is 9.59. The summed E-state index contributed by atoms with van der Waals surface area (Å²) in [6.45, 7) is 5.55. The second kappa shape index (κ2) is 3.26. The van der Waals surface area contributed by atoms with Gasteiger partial charge in [0.1, 0.15) is 4.75 Å². The van der Waals surface area contributed by atoms with Crippen LogP contribution in [0.1, 0.15) is 33.6 Å². The standard InChI is InChI=1S/C10H19NO2S/c1-6-7-8-9(11(4)5)10(2,3)14(8,12)13/h6-7H2,1-5H3. The number of hydrogen-bond donors (Lipinski definition) is 0. The van der Waals surface area contributed by atoms with E-state index >= 15 is 0 Å². The lowest BCUT2D eigenvalue weighted by Gasteiger charge is -2.43. The maximum atomic E-state index is 11.9. The van der Waals surface area contributed by atoms with Crippen LogP contribution < -0.4 is 0 Å². The Kier molecular flexibility index (Phi) is 2.69. The molecule has 0 radical (unpaired) electrons.